The van der Waals surface area contributed by atoms with Crippen molar-refractivity contribution in [2.45, 2.75) is 18.9 Å². The minimum Gasteiger partial charge on any atom is -0.336 e. The fraction of sp³-hybridized carbons (Fsp3) is 0.500. The molecular formula is C16H20ClN5O4. The minimum absolute atomic E-state index is 0.0239. The maximum Gasteiger partial charge on any atom is 0.317 e. The average Bonchev–Trinajstić information content (AvgIpc) is 3.02. The van der Waals surface area contributed by atoms with Gasteiger partial charge in [0.05, 0.1) is 11.5 Å². The Morgan fingerprint density at radius 2 is 2.23 bits per heavy atom. The van der Waals surface area contributed by atoms with Crippen LogP contribution in [0.2, 0.25) is 5.02 Å². The Hall–Kier alpha value is -2.39. The third-order valence-electron chi connectivity index (χ3n) is 4.61. The van der Waals surface area contributed by atoms with E-state index in [-0.39, 0.29) is 35.2 Å². The summed E-state index contributed by atoms with van der Waals surface area (Å²) in [6, 6.07) is 4.22. The number of nitrogens with one attached hydrogen (secondary N) is 2. The lowest BCUT2D eigenvalue weighted by atomic mass is 10.0. The first-order chi connectivity index (χ1) is 12.4. The molecule has 2 fully saturated rings. The summed E-state index contributed by atoms with van der Waals surface area (Å²) in [6.45, 7) is 2.94. The molecule has 0 aliphatic carbocycles. The summed E-state index contributed by atoms with van der Waals surface area (Å²) < 4.78 is 0. The predicted molar refractivity (Wildman–Crippen MR) is 96.3 cm³/mol. The van der Waals surface area contributed by atoms with E-state index in [1.54, 1.807) is 0 Å². The van der Waals surface area contributed by atoms with Crippen LogP contribution in [0.4, 0.5) is 16.2 Å². The zero-order chi connectivity index (χ0) is 18.7. The Morgan fingerprint density at radius 1 is 1.42 bits per heavy atom. The van der Waals surface area contributed by atoms with Gasteiger partial charge in [-0.3, -0.25) is 19.8 Å². The molecule has 1 atom stereocenters. The molecular weight excluding hydrogens is 362 g/mol. The van der Waals surface area contributed by atoms with Crippen LogP contribution in [0.25, 0.3) is 0 Å². The first kappa shape index (κ1) is 18.4. The maximum atomic E-state index is 12.3. The Kier molecular flexibility index (Phi) is 5.58. The smallest absolute Gasteiger partial charge is 0.317 e. The highest BCUT2D eigenvalue weighted by atomic mass is 35.5. The summed E-state index contributed by atoms with van der Waals surface area (Å²) >= 11 is 5.77. The molecule has 26 heavy (non-hydrogen) atoms. The number of urea groups is 1. The van der Waals surface area contributed by atoms with Gasteiger partial charge in [-0.2, -0.15) is 0 Å². The summed E-state index contributed by atoms with van der Waals surface area (Å²) in [5, 5.41) is 16.4. The van der Waals surface area contributed by atoms with Crippen LogP contribution in [-0.2, 0) is 4.79 Å². The van der Waals surface area contributed by atoms with Gasteiger partial charge in [-0.1, -0.05) is 11.6 Å². The second kappa shape index (κ2) is 7.88. The van der Waals surface area contributed by atoms with Crippen LogP contribution in [0, 0.1) is 10.1 Å². The number of nitro groups is 1. The minimum atomic E-state index is -0.589. The van der Waals surface area contributed by atoms with Crippen molar-refractivity contribution in [1.29, 1.82) is 0 Å². The van der Waals surface area contributed by atoms with Crippen LogP contribution in [-0.4, -0.2) is 65.4 Å². The number of rotatable bonds is 5. The van der Waals surface area contributed by atoms with E-state index in [0.29, 0.717) is 25.3 Å². The number of carbonyl (C=O) groups excluding carboxylic acids is 2. The van der Waals surface area contributed by atoms with E-state index in [1.807, 2.05) is 9.80 Å². The fourth-order valence-electron chi connectivity index (χ4n) is 3.40. The summed E-state index contributed by atoms with van der Waals surface area (Å²) in [5.41, 5.74) is 0.0844. The normalized spacial score (nSPS) is 20.7. The van der Waals surface area contributed by atoms with Crippen molar-refractivity contribution in [3.8, 4) is 0 Å². The number of likely N-dealkylation sites (tertiary alicyclic amines) is 1. The lowest BCUT2D eigenvalue weighted by Gasteiger charge is -2.36. The number of nitro benzene ring substituents is 1. The van der Waals surface area contributed by atoms with Gasteiger partial charge >= 0.3 is 6.03 Å². The number of halogens is 1. The number of amides is 3. The van der Waals surface area contributed by atoms with Gasteiger partial charge in [0.2, 0.25) is 5.91 Å². The summed E-state index contributed by atoms with van der Waals surface area (Å²) in [6.07, 6.45) is 1.84. The van der Waals surface area contributed by atoms with Gasteiger partial charge in [0.25, 0.3) is 5.69 Å². The van der Waals surface area contributed by atoms with Crippen LogP contribution >= 0.6 is 11.6 Å². The molecule has 1 aromatic rings. The molecule has 1 aromatic carbocycles. The molecule has 0 unspecified atom stereocenters. The van der Waals surface area contributed by atoms with E-state index >= 15 is 0 Å². The third kappa shape index (κ3) is 4.23. The summed E-state index contributed by atoms with van der Waals surface area (Å²) in [7, 11) is 0. The number of anilines is 1. The van der Waals surface area contributed by atoms with E-state index in [4.69, 9.17) is 11.6 Å². The molecule has 0 spiro atoms. The van der Waals surface area contributed by atoms with E-state index in [2.05, 4.69) is 10.6 Å². The van der Waals surface area contributed by atoms with Gasteiger partial charge in [0.1, 0.15) is 5.02 Å². The predicted octanol–water partition coefficient (Wildman–Crippen LogP) is 1.68. The van der Waals surface area contributed by atoms with Gasteiger partial charge in [0.15, 0.2) is 0 Å². The highest BCUT2D eigenvalue weighted by molar-refractivity contribution is 6.32. The van der Waals surface area contributed by atoms with Gasteiger partial charge < -0.3 is 15.5 Å². The molecule has 10 heteroatoms. The second-order valence-electron chi connectivity index (χ2n) is 6.43. The Morgan fingerprint density at radius 3 is 2.92 bits per heavy atom. The number of benzene rings is 1. The topological polar surface area (TPSA) is 108 Å². The third-order valence-corrected chi connectivity index (χ3v) is 4.92. The second-order valence-corrected chi connectivity index (χ2v) is 6.84. The SMILES string of the molecule is O=C(CN1CCC[C@H](N2CCNC2=O)C1)Nc1ccc(Cl)c([N+](=O)[O-])c1. The number of piperidine rings is 1. The van der Waals surface area contributed by atoms with Crippen LogP contribution in [0.3, 0.4) is 0 Å². The lowest BCUT2D eigenvalue weighted by molar-refractivity contribution is -0.384. The van der Waals surface area contributed by atoms with Crippen LogP contribution < -0.4 is 10.6 Å². The largest absolute Gasteiger partial charge is 0.336 e. The van der Waals surface area contributed by atoms with E-state index in [0.717, 1.165) is 19.4 Å². The lowest BCUT2D eigenvalue weighted by Crippen LogP contribution is -2.50. The van der Waals surface area contributed by atoms with Gasteiger partial charge in [-0.15, -0.1) is 0 Å². The van der Waals surface area contributed by atoms with Crippen molar-refractivity contribution in [3.05, 3.63) is 33.3 Å². The quantitative estimate of drug-likeness (QED) is 0.596. The van der Waals surface area contributed by atoms with Crippen LogP contribution in [0.1, 0.15) is 12.8 Å². The Balaban J connectivity index is 1.57. The van der Waals surface area contributed by atoms with E-state index < -0.39 is 4.92 Å². The molecule has 9 nitrogen and oxygen atoms in total. The molecule has 3 rings (SSSR count). The first-order valence-electron chi connectivity index (χ1n) is 8.44. The molecule has 0 bridgehead atoms. The van der Waals surface area contributed by atoms with Crippen molar-refractivity contribution in [2.75, 3.05) is 38.0 Å². The maximum absolute atomic E-state index is 12.3. The van der Waals surface area contributed by atoms with Crippen molar-refractivity contribution < 1.29 is 14.5 Å². The number of nitrogens with zero attached hydrogens (tertiary/aromatic N) is 3. The van der Waals surface area contributed by atoms with Gasteiger partial charge in [-0.05, 0) is 31.5 Å². The first-order valence-corrected chi connectivity index (χ1v) is 8.82. The molecule has 2 aliphatic rings. The standard InChI is InChI=1S/C16H20ClN5O4/c17-13-4-3-11(8-14(13)22(25)26)19-15(23)10-20-6-1-2-12(9-20)21-7-5-18-16(21)24/h3-4,8,12H,1-2,5-7,9-10H2,(H,18,24)(H,19,23)/t12-/m0/s1. The van der Waals surface area contributed by atoms with Crippen molar-refractivity contribution in [3.63, 3.8) is 0 Å². The molecule has 2 saturated heterocycles. The molecule has 0 saturated carbocycles. The molecule has 0 aromatic heterocycles. The van der Waals surface area contributed by atoms with Crippen LogP contribution in [0.15, 0.2) is 18.2 Å². The van der Waals surface area contributed by atoms with Crippen molar-refractivity contribution in [1.82, 2.24) is 15.1 Å². The van der Waals surface area contributed by atoms with Crippen LogP contribution in [0.5, 0.6) is 0 Å². The zero-order valence-corrected chi connectivity index (χ0v) is 14.9. The highest BCUT2D eigenvalue weighted by Crippen LogP contribution is 2.27. The highest BCUT2D eigenvalue weighted by Gasteiger charge is 2.31. The van der Waals surface area contributed by atoms with E-state index in [9.17, 15) is 19.7 Å². The molecule has 140 valence electrons. The molecule has 2 aliphatic heterocycles. The van der Waals surface area contributed by atoms with Crippen molar-refractivity contribution >= 4 is 34.9 Å². The molecule has 2 N–H and O–H groups in total. The van der Waals surface area contributed by atoms with Gasteiger partial charge in [-0.25, -0.2) is 4.79 Å². The van der Waals surface area contributed by atoms with E-state index in [1.165, 1.54) is 18.2 Å². The molecule has 2 heterocycles. The Labute approximate surface area is 155 Å². The number of hydrogen-bond donors (Lipinski definition) is 2. The monoisotopic (exact) mass is 381 g/mol. The van der Waals surface area contributed by atoms with Gasteiger partial charge in [0, 0.05) is 37.4 Å². The summed E-state index contributed by atoms with van der Waals surface area (Å²) in [5.74, 6) is -0.256. The number of carbonyl (C=O) groups is 2. The van der Waals surface area contributed by atoms with Crippen molar-refractivity contribution in [2.24, 2.45) is 0 Å². The number of hydrogen-bond acceptors (Lipinski definition) is 5. The summed E-state index contributed by atoms with van der Waals surface area (Å²) in [4.78, 5) is 38.3. The molecule has 0 radical (unpaired) electrons. The zero-order valence-electron chi connectivity index (χ0n) is 14.1. The Bertz CT molecular complexity index is 729. The average molecular weight is 382 g/mol. The fourth-order valence-corrected chi connectivity index (χ4v) is 3.58. The molecule has 3 amide bonds.